The van der Waals surface area contributed by atoms with E-state index in [0.717, 1.165) is 22.8 Å². The van der Waals surface area contributed by atoms with Crippen LogP contribution < -0.4 is 0 Å². The molecule has 2 heterocycles. The molecule has 128 valence electrons. The van der Waals surface area contributed by atoms with E-state index in [2.05, 4.69) is 17.1 Å². The quantitative estimate of drug-likeness (QED) is 0.778. The first-order chi connectivity index (χ1) is 11.7. The van der Waals surface area contributed by atoms with Gasteiger partial charge in [-0.3, -0.25) is 9.36 Å². The summed E-state index contributed by atoms with van der Waals surface area (Å²) >= 11 is 1.43. The van der Waals surface area contributed by atoms with Crippen molar-refractivity contribution in [1.29, 1.82) is 0 Å². The van der Waals surface area contributed by atoms with Crippen LogP contribution in [0.5, 0.6) is 0 Å². The third-order valence-electron chi connectivity index (χ3n) is 4.16. The molecule has 1 saturated heterocycles. The number of carbonyl (C=O) groups excluding carboxylic acids is 1. The Labute approximate surface area is 146 Å². The van der Waals surface area contributed by atoms with E-state index in [-0.39, 0.29) is 12.0 Å². The number of nitrogens with zero attached hydrogens (tertiary/aromatic N) is 4. The minimum Gasteiger partial charge on any atom is -0.375 e. The fraction of sp³-hybridized carbons (Fsp3) is 0.471. The standard InChI is InChI=1S/C17H22N4O2S/c1-3-14-10-20(8-9-23-14)16(22)11-24-17-19-18-12-21(17)15-7-5-4-6-13(15)2/h4-7,12,14H,3,8-11H2,1-2H3/t14-/m1/s1. The summed E-state index contributed by atoms with van der Waals surface area (Å²) < 4.78 is 7.55. The molecule has 0 unspecified atom stereocenters. The lowest BCUT2D eigenvalue weighted by molar-refractivity contribution is -0.135. The zero-order chi connectivity index (χ0) is 16.9. The Morgan fingerprint density at radius 3 is 3.04 bits per heavy atom. The van der Waals surface area contributed by atoms with E-state index < -0.39 is 0 Å². The van der Waals surface area contributed by atoms with Crippen LogP contribution in [0.2, 0.25) is 0 Å². The van der Waals surface area contributed by atoms with Crippen molar-refractivity contribution in [3.05, 3.63) is 36.2 Å². The highest BCUT2D eigenvalue weighted by molar-refractivity contribution is 7.99. The number of ether oxygens (including phenoxy) is 1. The number of amides is 1. The summed E-state index contributed by atoms with van der Waals surface area (Å²) in [6.45, 7) is 6.10. The van der Waals surface area contributed by atoms with Gasteiger partial charge in [-0.1, -0.05) is 36.9 Å². The van der Waals surface area contributed by atoms with Gasteiger partial charge >= 0.3 is 0 Å². The van der Waals surface area contributed by atoms with Gasteiger partial charge in [-0.2, -0.15) is 0 Å². The molecule has 2 aromatic rings. The van der Waals surface area contributed by atoms with Crippen LogP contribution in [0.3, 0.4) is 0 Å². The smallest absolute Gasteiger partial charge is 0.233 e. The van der Waals surface area contributed by atoms with E-state index in [9.17, 15) is 4.79 Å². The van der Waals surface area contributed by atoms with Crippen molar-refractivity contribution in [3.8, 4) is 5.69 Å². The van der Waals surface area contributed by atoms with Gasteiger partial charge in [0.15, 0.2) is 5.16 Å². The summed E-state index contributed by atoms with van der Waals surface area (Å²) in [7, 11) is 0. The van der Waals surface area contributed by atoms with Gasteiger partial charge in [0.2, 0.25) is 5.91 Å². The number of morpholine rings is 1. The van der Waals surface area contributed by atoms with E-state index in [0.29, 0.717) is 25.4 Å². The highest BCUT2D eigenvalue weighted by Crippen LogP contribution is 2.22. The molecule has 6 nitrogen and oxygen atoms in total. The second-order valence-corrected chi connectivity index (χ2v) is 6.74. The molecular formula is C17H22N4O2S. The largest absolute Gasteiger partial charge is 0.375 e. The molecule has 1 aliphatic heterocycles. The van der Waals surface area contributed by atoms with Crippen molar-refractivity contribution in [3.63, 3.8) is 0 Å². The maximum absolute atomic E-state index is 12.5. The summed E-state index contributed by atoms with van der Waals surface area (Å²) in [5, 5.41) is 8.90. The molecule has 1 fully saturated rings. The zero-order valence-corrected chi connectivity index (χ0v) is 14.8. The van der Waals surface area contributed by atoms with Crippen LogP contribution in [0.25, 0.3) is 5.69 Å². The van der Waals surface area contributed by atoms with Crippen LogP contribution in [0, 0.1) is 6.92 Å². The molecule has 0 N–H and O–H groups in total. The van der Waals surface area contributed by atoms with Crippen molar-refractivity contribution in [1.82, 2.24) is 19.7 Å². The number of hydrogen-bond acceptors (Lipinski definition) is 5. The Morgan fingerprint density at radius 2 is 2.25 bits per heavy atom. The number of aromatic nitrogens is 3. The monoisotopic (exact) mass is 346 g/mol. The number of thioether (sulfide) groups is 1. The normalized spacial score (nSPS) is 17.9. The Kier molecular flexibility index (Phi) is 5.52. The number of para-hydroxylation sites is 1. The summed E-state index contributed by atoms with van der Waals surface area (Å²) in [5.41, 5.74) is 2.18. The van der Waals surface area contributed by atoms with Crippen LogP contribution in [-0.2, 0) is 9.53 Å². The van der Waals surface area contributed by atoms with Crippen molar-refractivity contribution in [2.75, 3.05) is 25.4 Å². The molecular weight excluding hydrogens is 324 g/mol. The number of carbonyl (C=O) groups is 1. The van der Waals surface area contributed by atoms with Gasteiger partial charge in [-0.15, -0.1) is 10.2 Å². The second-order valence-electron chi connectivity index (χ2n) is 5.80. The van der Waals surface area contributed by atoms with Gasteiger partial charge in [-0.25, -0.2) is 0 Å². The third-order valence-corrected chi connectivity index (χ3v) is 5.09. The summed E-state index contributed by atoms with van der Waals surface area (Å²) in [6.07, 6.45) is 2.78. The Bertz CT molecular complexity index is 703. The summed E-state index contributed by atoms with van der Waals surface area (Å²) in [5.74, 6) is 0.488. The first kappa shape index (κ1) is 17.0. The minimum absolute atomic E-state index is 0.126. The Balaban J connectivity index is 1.65. The maximum Gasteiger partial charge on any atom is 0.233 e. The number of aryl methyl sites for hydroxylation is 1. The molecule has 0 radical (unpaired) electrons. The molecule has 1 aromatic carbocycles. The third kappa shape index (κ3) is 3.79. The van der Waals surface area contributed by atoms with Crippen LogP contribution in [0.1, 0.15) is 18.9 Å². The molecule has 0 spiro atoms. The van der Waals surface area contributed by atoms with E-state index in [1.165, 1.54) is 11.8 Å². The maximum atomic E-state index is 12.5. The number of rotatable bonds is 5. The molecule has 1 aliphatic rings. The fourth-order valence-corrected chi connectivity index (χ4v) is 3.56. The number of benzene rings is 1. The molecule has 0 saturated carbocycles. The Morgan fingerprint density at radius 1 is 1.42 bits per heavy atom. The van der Waals surface area contributed by atoms with Crippen molar-refractivity contribution in [2.45, 2.75) is 31.5 Å². The lowest BCUT2D eigenvalue weighted by atomic mass is 10.2. The summed E-state index contributed by atoms with van der Waals surface area (Å²) in [6, 6.07) is 8.06. The van der Waals surface area contributed by atoms with Gasteiger partial charge in [-0.05, 0) is 25.0 Å². The molecule has 7 heteroatoms. The van der Waals surface area contributed by atoms with Gasteiger partial charge in [0, 0.05) is 13.1 Å². The fourth-order valence-electron chi connectivity index (χ4n) is 2.73. The molecule has 1 amide bonds. The SMILES string of the molecule is CC[C@@H]1CN(C(=O)CSc2nncn2-c2ccccc2C)CCO1. The van der Waals surface area contributed by atoms with Gasteiger partial charge in [0.25, 0.3) is 0 Å². The van der Waals surface area contributed by atoms with E-state index in [1.54, 1.807) is 6.33 Å². The topological polar surface area (TPSA) is 60.2 Å². The van der Waals surface area contributed by atoms with Crippen molar-refractivity contribution >= 4 is 17.7 Å². The zero-order valence-electron chi connectivity index (χ0n) is 14.0. The second kappa shape index (κ2) is 7.81. The molecule has 1 aromatic heterocycles. The molecule has 1 atom stereocenters. The van der Waals surface area contributed by atoms with Gasteiger partial charge < -0.3 is 9.64 Å². The average Bonchev–Trinajstić information content (AvgIpc) is 3.08. The van der Waals surface area contributed by atoms with Crippen molar-refractivity contribution in [2.24, 2.45) is 0 Å². The highest BCUT2D eigenvalue weighted by atomic mass is 32.2. The van der Waals surface area contributed by atoms with Gasteiger partial charge in [0.05, 0.1) is 24.2 Å². The Hall–Kier alpha value is -1.86. The molecule has 0 aliphatic carbocycles. The molecule has 24 heavy (non-hydrogen) atoms. The lowest BCUT2D eigenvalue weighted by Gasteiger charge is -2.32. The van der Waals surface area contributed by atoms with E-state index in [1.807, 2.05) is 40.7 Å². The predicted octanol–water partition coefficient (Wildman–Crippen LogP) is 2.31. The van der Waals surface area contributed by atoms with E-state index in [4.69, 9.17) is 4.74 Å². The highest BCUT2D eigenvalue weighted by Gasteiger charge is 2.23. The summed E-state index contributed by atoms with van der Waals surface area (Å²) in [4.78, 5) is 14.3. The van der Waals surface area contributed by atoms with Gasteiger partial charge in [0.1, 0.15) is 6.33 Å². The number of hydrogen-bond donors (Lipinski definition) is 0. The predicted molar refractivity (Wildman–Crippen MR) is 93.4 cm³/mol. The lowest BCUT2D eigenvalue weighted by Crippen LogP contribution is -2.46. The minimum atomic E-state index is 0.126. The van der Waals surface area contributed by atoms with E-state index >= 15 is 0 Å². The van der Waals surface area contributed by atoms with Crippen LogP contribution in [0.15, 0.2) is 35.7 Å². The molecule has 3 rings (SSSR count). The average molecular weight is 346 g/mol. The first-order valence-corrected chi connectivity index (χ1v) is 9.15. The molecule has 0 bridgehead atoms. The van der Waals surface area contributed by atoms with Crippen LogP contribution in [-0.4, -0.2) is 57.1 Å². The van der Waals surface area contributed by atoms with Crippen LogP contribution in [0.4, 0.5) is 0 Å². The van der Waals surface area contributed by atoms with Crippen LogP contribution >= 0.6 is 11.8 Å². The van der Waals surface area contributed by atoms with Crippen molar-refractivity contribution < 1.29 is 9.53 Å². The first-order valence-electron chi connectivity index (χ1n) is 8.17.